The van der Waals surface area contributed by atoms with Gasteiger partial charge in [0.15, 0.2) is 11.5 Å². The monoisotopic (exact) mass is 367 g/mol. The maximum atomic E-state index is 5.69. The van der Waals surface area contributed by atoms with Gasteiger partial charge in [-0.25, -0.2) is 4.68 Å². The highest BCUT2D eigenvalue weighted by molar-refractivity contribution is 5.57. The predicted octanol–water partition coefficient (Wildman–Crippen LogP) is 2.85. The number of rotatable bonds is 5. The van der Waals surface area contributed by atoms with Crippen molar-refractivity contribution in [2.75, 3.05) is 26.6 Å². The molecule has 2 aromatic carbocycles. The maximum Gasteiger partial charge on any atom is 0.243 e. The quantitative estimate of drug-likeness (QED) is 0.742. The van der Waals surface area contributed by atoms with Gasteiger partial charge in [0.05, 0.1) is 33.4 Å². The Morgan fingerprint density at radius 1 is 0.963 bits per heavy atom. The van der Waals surface area contributed by atoms with Gasteiger partial charge in [-0.05, 0) is 34.5 Å². The van der Waals surface area contributed by atoms with Gasteiger partial charge in [0.25, 0.3) is 0 Å². The second-order valence-corrected chi connectivity index (χ2v) is 6.23. The molecule has 4 rings (SSSR count). The summed E-state index contributed by atoms with van der Waals surface area (Å²) in [6.07, 6.45) is 0.758. The molecule has 0 spiro atoms. The van der Waals surface area contributed by atoms with Crippen molar-refractivity contribution in [2.24, 2.45) is 0 Å². The second-order valence-electron chi connectivity index (χ2n) is 6.23. The standard InChI is InChI=1S/C19H21N5O3/c1-25-16-10-9-13(17(26-2)18(16)27-3)15-11-14(12-7-5-4-6-8-12)20-19-21-22-23-24(15)19/h4-10,14-15H,11H2,1-3H3,(H,20,21,23)/t14-,15-/m0/s1. The Balaban J connectivity index is 1.81. The van der Waals surface area contributed by atoms with Gasteiger partial charge in [-0.1, -0.05) is 35.4 Å². The van der Waals surface area contributed by atoms with E-state index in [-0.39, 0.29) is 12.1 Å². The van der Waals surface area contributed by atoms with Crippen LogP contribution >= 0.6 is 0 Å². The minimum absolute atomic E-state index is 0.0764. The first-order chi connectivity index (χ1) is 13.3. The van der Waals surface area contributed by atoms with E-state index in [1.54, 1.807) is 26.0 Å². The average molecular weight is 367 g/mol. The van der Waals surface area contributed by atoms with Crippen LogP contribution in [0.2, 0.25) is 0 Å². The van der Waals surface area contributed by atoms with Gasteiger partial charge in [-0.15, -0.1) is 0 Å². The molecule has 1 aliphatic heterocycles. The third-order valence-corrected chi connectivity index (χ3v) is 4.85. The molecule has 1 aliphatic rings. The minimum Gasteiger partial charge on any atom is -0.493 e. The third kappa shape index (κ3) is 2.92. The molecule has 1 aromatic heterocycles. The van der Waals surface area contributed by atoms with Crippen LogP contribution in [0.4, 0.5) is 5.95 Å². The van der Waals surface area contributed by atoms with Crippen molar-refractivity contribution >= 4 is 5.95 Å². The van der Waals surface area contributed by atoms with Gasteiger partial charge < -0.3 is 19.5 Å². The summed E-state index contributed by atoms with van der Waals surface area (Å²) in [4.78, 5) is 0. The van der Waals surface area contributed by atoms with Crippen molar-refractivity contribution in [3.8, 4) is 17.2 Å². The van der Waals surface area contributed by atoms with Crippen LogP contribution in [0.1, 0.15) is 29.6 Å². The summed E-state index contributed by atoms with van der Waals surface area (Å²) in [7, 11) is 4.82. The van der Waals surface area contributed by atoms with E-state index in [0.29, 0.717) is 23.2 Å². The SMILES string of the molecule is COc1ccc([C@@H]2C[C@@H](c3ccccc3)Nc3nnnn32)c(OC)c1OC. The summed E-state index contributed by atoms with van der Waals surface area (Å²) in [6, 6.07) is 14.1. The fourth-order valence-electron chi connectivity index (χ4n) is 3.59. The first-order valence-corrected chi connectivity index (χ1v) is 8.65. The topological polar surface area (TPSA) is 83.3 Å². The van der Waals surface area contributed by atoms with Crippen LogP contribution in [0.5, 0.6) is 17.2 Å². The van der Waals surface area contributed by atoms with Crippen molar-refractivity contribution in [3.63, 3.8) is 0 Å². The molecule has 2 atom stereocenters. The minimum atomic E-state index is -0.115. The zero-order chi connectivity index (χ0) is 18.8. The van der Waals surface area contributed by atoms with Crippen LogP contribution in [-0.4, -0.2) is 41.5 Å². The fourth-order valence-corrected chi connectivity index (χ4v) is 3.59. The Morgan fingerprint density at radius 2 is 1.74 bits per heavy atom. The number of aromatic nitrogens is 4. The van der Waals surface area contributed by atoms with Crippen LogP contribution in [-0.2, 0) is 0 Å². The highest BCUT2D eigenvalue weighted by Gasteiger charge is 2.33. The number of fused-ring (bicyclic) bond motifs is 1. The fraction of sp³-hybridized carbons (Fsp3) is 0.316. The molecule has 2 heterocycles. The van der Waals surface area contributed by atoms with E-state index in [1.807, 2.05) is 30.3 Å². The van der Waals surface area contributed by atoms with E-state index in [2.05, 4.69) is 33.0 Å². The number of benzene rings is 2. The van der Waals surface area contributed by atoms with E-state index < -0.39 is 0 Å². The summed E-state index contributed by atoms with van der Waals surface area (Å²) in [5, 5.41) is 15.6. The first-order valence-electron chi connectivity index (χ1n) is 8.65. The molecule has 0 bridgehead atoms. The summed E-state index contributed by atoms with van der Waals surface area (Å²) >= 11 is 0. The zero-order valence-corrected chi connectivity index (χ0v) is 15.4. The van der Waals surface area contributed by atoms with Gasteiger partial charge in [-0.2, -0.15) is 0 Å². The van der Waals surface area contributed by atoms with Gasteiger partial charge in [-0.3, -0.25) is 0 Å². The molecule has 0 aliphatic carbocycles. The number of hydrogen-bond donors (Lipinski definition) is 1. The Labute approximate surface area is 157 Å². The van der Waals surface area contributed by atoms with Crippen LogP contribution < -0.4 is 19.5 Å². The highest BCUT2D eigenvalue weighted by Crippen LogP contribution is 2.46. The Hall–Kier alpha value is -3.29. The van der Waals surface area contributed by atoms with E-state index in [4.69, 9.17) is 14.2 Å². The van der Waals surface area contributed by atoms with E-state index in [9.17, 15) is 0 Å². The molecule has 3 aromatic rings. The van der Waals surface area contributed by atoms with Crippen molar-refractivity contribution in [3.05, 3.63) is 53.6 Å². The highest BCUT2D eigenvalue weighted by atomic mass is 16.5. The van der Waals surface area contributed by atoms with E-state index >= 15 is 0 Å². The first kappa shape index (κ1) is 17.1. The smallest absolute Gasteiger partial charge is 0.243 e. The molecule has 0 unspecified atom stereocenters. The molecular formula is C19H21N5O3. The molecule has 1 N–H and O–H groups in total. The molecule has 0 saturated carbocycles. The molecule has 0 amide bonds. The molecule has 27 heavy (non-hydrogen) atoms. The summed E-state index contributed by atoms with van der Waals surface area (Å²) in [5.74, 6) is 2.42. The Kier molecular flexibility index (Phi) is 4.53. The largest absolute Gasteiger partial charge is 0.493 e. The van der Waals surface area contributed by atoms with Gasteiger partial charge in [0.1, 0.15) is 0 Å². The lowest BCUT2D eigenvalue weighted by atomic mass is 9.92. The Morgan fingerprint density at radius 3 is 2.44 bits per heavy atom. The molecule has 8 nitrogen and oxygen atoms in total. The number of tetrazole rings is 1. The molecule has 0 saturated heterocycles. The average Bonchev–Trinajstić information content (AvgIpc) is 3.21. The van der Waals surface area contributed by atoms with Crippen LogP contribution in [0, 0.1) is 0 Å². The lowest BCUT2D eigenvalue weighted by molar-refractivity contribution is 0.315. The van der Waals surface area contributed by atoms with Crippen molar-refractivity contribution in [2.45, 2.75) is 18.5 Å². The van der Waals surface area contributed by atoms with Gasteiger partial charge in [0, 0.05) is 5.56 Å². The lowest BCUT2D eigenvalue weighted by Gasteiger charge is -2.32. The number of ether oxygens (including phenoxy) is 3. The molecule has 0 radical (unpaired) electrons. The number of methoxy groups -OCH3 is 3. The van der Waals surface area contributed by atoms with Crippen LogP contribution in [0.15, 0.2) is 42.5 Å². The van der Waals surface area contributed by atoms with Crippen molar-refractivity contribution in [1.82, 2.24) is 20.2 Å². The lowest BCUT2D eigenvalue weighted by Crippen LogP contribution is -2.28. The number of nitrogens with one attached hydrogen (secondary N) is 1. The zero-order valence-electron chi connectivity index (χ0n) is 15.4. The summed E-state index contributed by atoms with van der Waals surface area (Å²) in [5.41, 5.74) is 2.11. The number of nitrogens with zero attached hydrogens (tertiary/aromatic N) is 4. The summed E-state index contributed by atoms with van der Waals surface area (Å²) in [6.45, 7) is 0. The number of anilines is 1. The summed E-state index contributed by atoms with van der Waals surface area (Å²) < 4.78 is 18.4. The molecule has 8 heteroatoms. The third-order valence-electron chi connectivity index (χ3n) is 4.85. The van der Waals surface area contributed by atoms with E-state index in [0.717, 1.165) is 12.0 Å². The Bertz CT molecular complexity index is 928. The van der Waals surface area contributed by atoms with Crippen LogP contribution in [0.25, 0.3) is 0 Å². The van der Waals surface area contributed by atoms with Gasteiger partial charge >= 0.3 is 0 Å². The predicted molar refractivity (Wildman–Crippen MR) is 99.5 cm³/mol. The molecule has 0 fully saturated rings. The van der Waals surface area contributed by atoms with Gasteiger partial charge in [0.2, 0.25) is 11.7 Å². The molecular weight excluding hydrogens is 346 g/mol. The van der Waals surface area contributed by atoms with Crippen LogP contribution in [0.3, 0.4) is 0 Å². The van der Waals surface area contributed by atoms with Crippen molar-refractivity contribution < 1.29 is 14.2 Å². The molecule has 140 valence electrons. The van der Waals surface area contributed by atoms with Crippen molar-refractivity contribution in [1.29, 1.82) is 0 Å². The second kappa shape index (κ2) is 7.14. The number of hydrogen-bond acceptors (Lipinski definition) is 7. The normalized spacial score (nSPS) is 18.3. The van der Waals surface area contributed by atoms with E-state index in [1.165, 1.54) is 5.56 Å². The maximum absolute atomic E-state index is 5.69.